The van der Waals surface area contributed by atoms with Gasteiger partial charge < -0.3 is 29.5 Å². The van der Waals surface area contributed by atoms with Crippen LogP contribution in [0.2, 0.25) is 0 Å². The molecule has 0 spiro atoms. The minimum absolute atomic E-state index is 0.161. The summed E-state index contributed by atoms with van der Waals surface area (Å²) in [6.45, 7) is 11.0. The summed E-state index contributed by atoms with van der Waals surface area (Å²) in [5.74, 6) is -7.00. The van der Waals surface area contributed by atoms with E-state index in [1.54, 1.807) is 0 Å². The Balaban J connectivity index is 6.15. The van der Waals surface area contributed by atoms with Crippen molar-refractivity contribution in [3.8, 4) is 0 Å². The second-order valence-corrected chi connectivity index (χ2v) is 5.40. The Morgan fingerprint density at radius 1 is 0.760 bits per heavy atom. The van der Waals surface area contributed by atoms with Gasteiger partial charge in [0.05, 0.1) is 13.2 Å². The molecule has 25 heavy (non-hydrogen) atoms. The fourth-order valence-corrected chi connectivity index (χ4v) is 1.28. The average molecular weight is 358 g/mol. The van der Waals surface area contributed by atoms with E-state index in [0.717, 1.165) is 0 Å². The topological polar surface area (TPSA) is 140 Å². The Labute approximate surface area is 144 Å². The summed E-state index contributed by atoms with van der Waals surface area (Å²) in [7, 11) is 0. The number of hydrogen-bond acceptors (Lipinski definition) is 9. The van der Waals surface area contributed by atoms with E-state index < -0.39 is 42.7 Å². The lowest BCUT2D eigenvalue weighted by Crippen LogP contribution is -2.65. The summed E-state index contributed by atoms with van der Waals surface area (Å²) in [5.41, 5.74) is -3.31. The third kappa shape index (κ3) is 5.24. The van der Waals surface area contributed by atoms with Gasteiger partial charge in [-0.05, 0) is 20.8 Å². The van der Waals surface area contributed by atoms with Crippen LogP contribution in [0.25, 0.3) is 0 Å². The van der Waals surface area contributed by atoms with Gasteiger partial charge in [-0.2, -0.15) is 0 Å². The lowest BCUT2D eigenvalue weighted by atomic mass is 10.0. The quantitative estimate of drug-likeness (QED) is 0.288. The van der Waals surface area contributed by atoms with Gasteiger partial charge in [-0.3, -0.25) is 0 Å². The van der Waals surface area contributed by atoms with Crippen LogP contribution >= 0.6 is 0 Å². The van der Waals surface area contributed by atoms with Crippen molar-refractivity contribution < 1.29 is 43.9 Å². The van der Waals surface area contributed by atoms with Gasteiger partial charge in [0.15, 0.2) is 0 Å². The fourth-order valence-electron chi connectivity index (χ4n) is 1.28. The Morgan fingerprint density at radius 2 is 1.04 bits per heavy atom. The highest BCUT2D eigenvalue weighted by molar-refractivity contribution is 5.89. The molecule has 140 valence electrons. The predicted octanol–water partition coefficient (Wildman–Crippen LogP) is -0.286. The lowest BCUT2D eigenvalue weighted by Gasteiger charge is -2.40. The van der Waals surface area contributed by atoms with Crippen molar-refractivity contribution in [2.24, 2.45) is 0 Å². The predicted molar refractivity (Wildman–Crippen MR) is 84.6 cm³/mol. The molecule has 0 aliphatic heterocycles. The number of ether oxygens (including phenoxy) is 3. The van der Waals surface area contributed by atoms with Crippen LogP contribution in [0.4, 0.5) is 0 Å². The molecular formula is C16H22O9. The molecule has 9 heteroatoms. The van der Waals surface area contributed by atoms with Crippen molar-refractivity contribution in [2.45, 2.75) is 32.3 Å². The number of aliphatic hydroxyl groups excluding tert-OH is 2. The zero-order chi connectivity index (χ0) is 20.0. The van der Waals surface area contributed by atoms with Gasteiger partial charge in [0.2, 0.25) is 0 Å². The average Bonchev–Trinajstić information content (AvgIpc) is 2.51. The lowest BCUT2D eigenvalue weighted by molar-refractivity contribution is -0.399. The van der Waals surface area contributed by atoms with Crippen molar-refractivity contribution in [3.05, 3.63) is 36.5 Å². The van der Waals surface area contributed by atoms with Crippen LogP contribution in [0.15, 0.2) is 36.5 Å². The first-order chi connectivity index (χ1) is 11.4. The van der Waals surface area contributed by atoms with E-state index in [-0.39, 0.29) is 16.7 Å². The Kier molecular flexibility index (Phi) is 7.71. The Morgan fingerprint density at radius 3 is 1.28 bits per heavy atom. The first-order valence-electron chi connectivity index (χ1n) is 6.96. The van der Waals surface area contributed by atoms with Crippen molar-refractivity contribution in [3.63, 3.8) is 0 Å². The minimum Gasteiger partial charge on any atom is -0.439 e. The molecule has 0 aromatic heterocycles. The largest absolute Gasteiger partial charge is 0.439 e. The number of rotatable bonds is 9. The number of carbonyl (C=O) groups excluding carboxylic acids is 3. The van der Waals surface area contributed by atoms with Gasteiger partial charge in [0.1, 0.15) is 0 Å². The van der Waals surface area contributed by atoms with Crippen LogP contribution < -0.4 is 0 Å². The second-order valence-electron chi connectivity index (χ2n) is 5.40. The Bertz CT molecular complexity index is 571. The maximum Gasteiger partial charge on any atom is 0.421 e. The maximum absolute atomic E-state index is 11.8. The molecule has 0 heterocycles. The zero-order valence-electron chi connectivity index (χ0n) is 14.3. The number of carbonyl (C=O) groups is 3. The van der Waals surface area contributed by atoms with E-state index in [9.17, 15) is 29.7 Å². The van der Waals surface area contributed by atoms with E-state index in [1.807, 2.05) is 0 Å². The molecule has 0 unspecified atom stereocenters. The molecule has 0 aliphatic carbocycles. The third-order valence-electron chi connectivity index (χ3n) is 2.88. The van der Waals surface area contributed by atoms with Crippen LogP contribution in [0.1, 0.15) is 20.8 Å². The summed E-state index contributed by atoms with van der Waals surface area (Å²) >= 11 is 0. The highest BCUT2D eigenvalue weighted by Crippen LogP contribution is 2.31. The smallest absolute Gasteiger partial charge is 0.421 e. The molecule has 0 amide bonds. The summed E-state index contributed by atoms with van der Waals surface area (Å²) < 4.78 is 14.1. The van der Waals surface area contributed by atoms with E-state index in [0.29, 0.717) is 0 Å². The maximum atomic E-state index is 11.8. The normalized spacial score (nSPS) is 11.3. The molecule has 9 nitrogen and oxygen atoms in total. The summed E-state index contributed by atoms with van der Waals surface area (Å²) in [6.07, 6.45) is 0. The SMILES string of the molecule is C=C(C)C(=O)OC(CO)(CO)C(O)(OC(=O)C(=C)C)OC(=O)C(=C)C. The number of aliphatic hydroxyl groups is 3. The molecule has 0 aromatic rings. The van der Waals surface area contributed by atoms with Gasteiger partial charge in [-0.1, -0.05) is 19.7 Å². The summed E-state index contributed by atoms with van der Waals surface area (Å²) in [4.78, 5) is 35.4. The second kappa shape index (κ2) is 8.56. The van der Waals surface area contributed by atoms with Crippen LogP contribution in [0.3, 0.4) is 0 Å². The molecular weight excluding hydrogens is 336 g/mol. The number of esters is 3. The monoisotopic (exact) mass is 358 g/mol. The van der Waals surface area contributed by atoms with Gasteiger partial charge in [0.25, 0.3) is 5.60 Å². The summed E-state index contributed by atoms with van der Waals surface area (Å²) in [6, 6.07) is 0. The van der Waals surface area contributed by atoms with Crippen LogP contribution in [-0.2, 0) is 28.6 Å². The fraction of sp³-hybridized carbons (Fsp3) is 0.438. The van der Waals surface area contributed by atoms with Gasteiger partial charge >= 0.3 is 23.9 Å². The molecule has 0 rings (SSSR count). The first kappa shape index (κ1) is 22.5. The van der Waals surface area contributed by atoms with Crippen molar-refractivity contribution in [1.82, 2.24) is 0 Å². The zero-order valence-corrected chi connectivity index (χ0v) is 14.3. The molecule has 0 aromatic carbocycles. The Hall–Kier alpha value is -2.49. The van der Waals surface area contributed by atoms with Gasteiger partial charge in [-0.25, -0.2) is 14.4 Å². The molecule has 3 N–H and O–H groups in total. The highest BCUT2D eigenvalue weighted by Gasteiger charge is 2.61. The van der Waals surface area contributed by atoms with Crippen molar-refractivity contribution in [1.29, 1.82) is 0 Å². The van der Waals surface area contributed by atoms with Crippen molar-refractivity contribution >= 4 is 17.9 Å². The van der Waals surface area contributed by atoms with E-state index in [1.165, 1.54) is 20.8 Å². The van der Waals surface area contributed by atoms with E-state index in [4.69, 9.17) is 4.74 Å². The van der Waals surface area contributed by atoms with Gasteiger partial charge in [0, 0.05) is 16.7 Å². The van der Waals surface area contributed by atoms with Crippen LogP contribution in [0.5, 0.6) is 0 Å². The molecule has 0 radical (unpaired) electrons. The summed E-state index contributed by atoms with van der Waals surface area (Å²) in [5, 5.41) is 29.8. The molecule has 0 saturated heterocycles. The van der Waals surface area contributed by atoms with Crippen LogP contribution in [-0.4, -0.2) is 58.0 Å². The van der Waals surface area contributed by atoms with E-state index >= 15 is 0 Å². The molecule has 0 saturated carbocycles. The molecule has 0 fully saturated rings. The minimum atomic E-state index is -3.37. The van der Waals surface area contributed by atoms with Crippen molar-refractivity contribution in [2.75, 3.05) is 13.2 Å². The molecule has 0 aliphatic rings. The molecule has 0 bridgehead atoms. The first-order valence-corrected chi connectivity index (χ1v) is 6.96. The third-order valence-corrected chi connectivity index (χ3v) is 2.88. The highest BCUT2D eigenvalue weighted by atomic mass is 16.9. The van der Waals surface area contributed by atoms with Crippen LogP contribution in [0, 0.1) is 0 Å². The number of hydrogen-bond donors (Lipinski definition) is 3. The molecule has 0 atom stereocenters. The van der Waals surface area contributed by atoms with Gasteiger partial charge in [-0.15, -0.1) is 0 Å². The standard InChI is InChI=1S/C16H22O9/c1-9(2)12(19)23-15(7-17,8-18)16(22,24-13(20)10(3)4)25-14(21)11(5)6/h17-18,22H,1,3,5,7-8H2,2,4,6H3. The van der Waals surface area contributed by atoms with E-state index in [2.05, 4.69) is 29.2 Å².